The van der Waals surface area contributed by atoms with Crippen molar-refractivity contribution in [2.75, 3.05) is 0 Å². The fraction of sp³-hybridized carbons (Fsp3) is 0.308. The Kier molecular flexibility index (Phi) is 6.31. The van der Waals surface area contributed by atoms with Crippen LogP contribution in [0.2, 0.25) is 0 Å². The van der Waals surface area contributed by atoms with Crippen LogP contribution in [-0.2, 0) is 23.9 Å². The summed E-state index contributed by atoms with van der Waals surface area (Å²) in [5, 5.41) is -0.396. The molecule has 0 spiro atoms. The molecule has 2 atom stereocenters. The molecule has 0 aromatic heterocycles. The molecule has 20 heavy (non-hydrogen) atoms. The van der Waals surface area contributed by atoms with E-state index < -0.39 is 50.3 Å². The summed E-state index contributed by atoms with van der Waals surface area (Å²) in [5.41, 5.74) is 0.524. The van der Waals surface area contributed by atoms with Crippen LogP contribution >= 0.6 is 8.93 Å². The third-order valence-electron chi connectivity index (χ3n) is 2.30. The van der Waals surface area contributed by atoms with Gasteiger partial charge in [0.25, 0.3) is 0 Å². The Morgan fingerprint density at radius 2 is 1.90 bits per heavy atom. The average molecular weight is 411 g/mol. The van der Waals surface area contributed by atoms with Crippen LogP contribution in [0.4, 0.5) is 0 Å². The Balaban J connectivity index is 2.85. The molecule has 110 valence electrons. The van der Waals surface area contributed by atoms with Crippen molar-refractivity contribution in [3.8, 4) is 0 Å². The summed E-state index contributed by atoms with van der Waals surface area (Å²) in [6, 6.07) is 8.54. The van der Waals surface area contributed by atoms with Crippen LogP contribution in [0.15, 0.2) is 30.3 Å². The summed E-state index contributed by atoms with van der Waals surface area (Å²) in [6.45, 7) is 2.56. The fourth-order valence-electron chi connectivity index (χ4n) is 1.43. The number of carbonyl (C=O) groups excluding carboxylic acids is 3. The van der Waals surface area contributed by atoms with Crippen LogP contribution in [0.5, 0.6) is 0 Å². The van der Waals surface area contributed by atoms with E-state index in [2.05, 4.69) is 0 Å². The SMILES string of the molecule is [3H][I-]SC(=O)[C@@H](OC(=O)[C@H](C)OC(C)=O)c1ccccc1. The van der Waals surface area contributed by atoms with Crippen LogP contribution in [0.3, 0.4) is 0 Å². The number of esters is 2. The number of ether oxygens (including phenoxy) is 2. The number of carbonyl (C=O) groups is 3. The van der Waals surface area contributed by atoms with Crippen molar-refractivity contribution in [3.05, 3.63) is 35.9 Å². The second kappa shape index (κ2) is 8.25. The number of rotatable bonds is 6. The van der Waals surface area contributed by atoms with Gasteiger partial charge in [-0.2, -0.15) is 0 Å². The molecule has 0 saturated carbocycles. The standard InChI is InChI=1S/C13H14IO5S/c1-8(18-9(2)15)12(16)19-11(13(17)20-14)10-6-4-3-5-7-10/h3-8,11,14H,1-2H3/q-1/t8-,11-/m0/s1/i14T. The van der Waals surface area contributed by atoms with E-state index in [9.17, 15) is 14.4 Å². The van der Waals surface area contributed by atoms with Crippen molar-refractivity contribution in [1.82, 2.24) is 0 Å². The molecule has 0 aliphatic carbocycles. The summed E-state index contributed by atoms with van der Waals surface area (Å²) in [5.74, 6) is -1.40. The molecule has 0 heterocycles. The van der Waals surface area contributed by atoms with Gasteiger partial charge in [-0.3, -0.25) is 0 Å². The van der Waals surface area contributed by atoms with Crippen molar-refractivity contribution in [2.45, 2.75) is 26.1 Å². The van der Waals surface area contributed by atoms with Crippen LogP contribution in [0, 0.1) is 0 Å². The third kappa shape index (κ3) is 5.12. The van der Waals surface area contributed by atoms with Gasteiger partial charge >= 0.3 is 133 Å². The van der Waals surface area contributed by atoms with Gasteiger partial charge in [0.1, 0.15) is 0 Å². The predicted octanol–water partition coefficient (Wildman–Crippen LogP) is -1.32. The second-order valence-corrected chi connectivity index (χ2v) is 5.75. The minimum absolute atomic E-state index is 0.396. The second-order valence-electron chi connectivity index (χ2n) is 3.88. The van der Waals surface area contributed by atoms with Crippen molar-refractivity contribution in [3.63, 3.8) is 0 Å². The Morgan fingerprint density at radius 1 is 1.25 bits per heavy atom. The van der Waals surface area contributed by atoms with Gasteiger partial charge in [0.05, 0.1) is 0 Å². The number of halogens is 1. The Hall–Kier alpha value is -1.09. The molecule has 1 aromatic carbocycles. The normalized spacial score (nSPS) is 14.0. The number of hydrogen-bond acceptors (Lipinski definition) is 6. The van der Waals surface area contributed by atoms with E-state index in [1.54, 1.807) is 30.3 Å². The Morgan fingerprint density at radius 3 is 2.45 bits per heavy atom. The van der Waals surface area contributed by atoms with E-state index in [-0.39, 0.29) is 0 Å². The molecule has 0 N–H and O–H groups in total. The summed E-state index contributed by atoms with van der Waals surface area (Å²) in [7, 11) is 0.855. The first kappa shape index (κ1) is 15.3. The molecular weight excluding hydrogens is 395 g/mol. The summed E-state index contributed by atoms with van der Waals surface area (Å²) in [6.07, 6.45) is -2.18. The van der Waals surface area contributed by atoms with Crippen molar-refractivity contribution < 1.29 is 44.9 Å². The van der Waals surface area contributed by atoms with Gasteiger partial charge in [-0.15, -0.1) is 0 Å². The van der Waals surface area contributed by atoms with Gasteiger partial charge in [0, 0.05) is 0 Å². The first-order valence-electron chi connectivity index (χ1n) is 6.08. The first-order valence-corrected chi connectivity index (χ1v) is 9.06. The molecular formula is C13H14IO5S-. The van der Waals surface area contributed by atoms with E-state index in [0.717, 1.165) is 8.93 Å². The maximum atomic E-state index is 12.0. The van der Waals surface area contributed by atoms with E-state index in [1.807, 2.05) is 0 Å². The summed E-state index contributed by atoms with van der Waals surface area (Å²) in [4.78, 5) is 34.7. The third-order valence-corrected chi connectivity index (χ3v) is 3.97. The quantitative estimate of drug-likeness (QED) is 0.428. The fourth-order valence-corrected chi connectivity index (χ4v) is 2.39. The van der Waals surface area contributed by atoms with E-state index in [0.29, 0.717) is 5.56 Å². The van der Waals surface area contributed by atoms with Crippen molar-refractivity contribution in [1.29, 1.82) is 0.594 Å². The molecule has 0 unspecified atom stereocenters. The number of benzene rings is 1. The zero-order valence-corrected chi connectivity index (χ0v) is 13.8. The minimum atomic E-state index is -1.09. The van der Waals surface area contributed by atoms with Crippen LogP contribution in [0.1, 0.15) is 25.5 Å². The van der Waals surface area contributed by atoms with Crippen LogP contribution in [-0.4, -0.2) is 23.8 Å². The van der Waals surface area contributed by atoms with Crippen LogP contribution in [0.25, 0.3) is 0 Å². The molecule has 7 heteroatoms. The molecule has 0 aliphatic heterocycles. The zero-order valence-electron chi connectivity index (χ0n) is 11.9. The maximum absolute atomic E-state index is 12.0. The summed E-state index contributed by atoms with van der Waals surface area (Å²) < 4.78 is 17.1. The van der Waals surface area contributed by atoms with Crippen LogP contribution < -0.4 is 21.0 Å². The van der Waals surface area contributed by atoms with E-state index in [4.69, 9.17) is 10.1 Å². The number of hydrogen-bond donors (Lipinski definition) is 0. The Labute approximate surface area is 133 Å². The molecule has 0 amide bonds. The molecule has 0 radical (unpaired) electrons. The summed E-state index contributed by atoms with van der Waals surface area (Å²) >= 11 is -1.07. The van der Waals surface area contributed by atoms with Gasteiger partial charge in [-0.25, -0.2) is 0 Å². The van der Waals surface area contributed by atoms with Crippen molar-refractivity contribution in [2.24, 2.45) is 0 Å². The first-order chi connectivity index (χ1) is 9.95. The monoisotopic (exact) mass is 411 g/mol. The van der Waals surface area contributed by atoms with Gasteiger partial charge in [-0.1, -0.05) is 0 Å². The van der Waals surface area contributed by atoms with Gasteiger partial charge in [0.2, 0.25) is 0 Å². The van der Waals surface area contributed by atoms with E-state index >= 15 is 0 Å². The molecule has 0 saturated heterocycles. The van der Waals surface area contributed by atoms with Gasteiger partial charge < -0.3 is 0 Å². The predicted molar refractivity (Wildman–Crippen MR) is 70.5 cm³/mol. The molecule has 0 fully saturated rings. The molecule has 0 aliphatic rings. The van der Waals surface area contributed by atoms with Crippen molar-refractivity contribution >= 4 is 26.0 Å². The zero-order chi connectivity index (χ0) is 15.8. The Bertz CT molecular complexity index is 511. The molecule has 5 nitrogen and oxygen atoms in total. The van der Waals surface area contributed by atoms with Gasteiger partial charge in [0.15, 0.2) is 0 Å². The van der Waals surface area contributed by atoms with Gasteiger partial charge in [-0.05, 0) is 0 Å². The molecule has 1 rings (SSSR count). The topological polar surface area (TPSA) is 69.7 Å². The van der Waals surface area contributed by atoms with E-state index in [1.165, 1.54) is 13.8 Å². The molecule has 0 bridgehead atoms. The molecule has 1 aromatic rings. The average Bonchev–Trinajstić information content (AvgIpc) is 2.44.